The van der Waals surface area contributed by atoms with Crippen molar-refractivity contribution >= 4 is 23.2 Å². The number of aliphatic hydroxyl groups is 1. The van der Waals surface area contributed by atoms with Gasteiger partial charge in [0.25, 0.3) is 0 Å². The number of rotatable bonds is 8. The van der Waals surface area contributed by atoms with E-state index < -0.39 is 5.60 Å². The third kappa shape index (κ3) is 5.88. The first-order chi connectivity index (χ1) is 20.7. The molecule has 0 unspecified atom stereocenters. The van der Waals surface area contributed by atoms with Crippen LogP contribution in [0.3, 0.4) is 0 Å². The summed E-state index contributed by atoms with van der Waals surface area (Å²) in [5.41, 5.74) is 3.52. The summed E-state index contributed by atoms with van der Waals surface area (Å²) in [6.07, 6.45) is 2.08. The van der Waals surface area contributed by atoms with Crippen LogP contribution in [0.15, 0.2) is 60.7 Å². The van der Waals surface area contributed by atoms with E-state index in [1.165, 1.54) is 0 Å². The van der Waals surface area contributed by atoms with E-state index in [-0.39, 0.29) is 30.4 Å². The second-order valence-corrected chi connectivity index (χ2v) is 12.9. The van der Waals surface area contributed by atoms with Crippen molar-refractivity contribution in [1.82, 2.24) is 4.90 Å². The summed E-state index contributed by atoms with van der Waals surface area (Å²) in [6, 6.07) is 19.6. The van der Waals surface area contributed by atoms with Crippen molar-refractivity contribution in [1.29, 1.82) is 0 Å². The zero-order valence-corrected chi connectivity index (χ0v) is 26.1. The molecule has 0 saturated carbocycles. The lowest BCUT2D eigenvalue weighted by atomic mass is 9.77. The fourth-order valence-corrected chi connectivity index (χ4v) is 6.91. The number of ether oxygens (including phenoxy) is 3. The van der Waals surface area contributed by atoms with Crippen LogP contribution in [0.4, 0.5) is 5.69 Å². The van der Waals surface area contributed by atoms with Gasteiger partial charge in [0.05, 0.1) is 50.5 Å². The van der Waals surface area contributed by atoms with Gasteiger partial charge in [-0.15, -0.1) is 0 Å². The minimum absolute atomic E-state index is 0.0149. The Morgan fingerprint density at radius 2 is 1.67 bits per heavy atom. The molecule has 0 spiro atoms. The van der Waals surface area contributed by atoms with Crippen molar-refractivity contribution in [2.45, 2.75) is 63.8 Å². The van der Waals surface area contributed by atoms with Gasteiger partial charge in [-0.05, 0) is 111 Å². The molecule has 3 heterocycles. The molecular weight excluding hydrogens is 564 g/mol. The Hall–Kier alpha value is -3.10. The van der Waals surface area contributed by atoms with Crippen LogP contribution in [-0.2, 0) is 21.6 Å². The summed E-state index contributed by atoms with van der Waals surface area (Å²) in [4.78, 5) is 18.2. The summed E-state index contributed by atoms with van der Waals surface area (Å²) in [7, 11) is 1.62. The molecule has 0 aliphatic carbocycles. The number of anilines is 1. The highest BCUT2D eigenvalue weighted by Crippen LogP contribution is 2.44. The molecule has 3 aliphatic rings. The maximum atomic E-state index is 13.9. The van der Waals surface area contributed by atoms with Crippen LogP contribution < -0.4 is 14.4 Å². The Labute approximate surface area is 259 Å². The molecule has 3 aromatic rings. The third-order valence-electron chi connectivity index (χ3n) is 9.33. The molecule has 1 amide bonds. The summed E-state index contributed by atoms with van der Waals surface area (Å²) in [5, 5.41) is 12.4. The van der Waals surface area contributed by atoms with Crippen molar-refractivity contribution in [3.05, 3.63) is 87.9 Å². The van der Waals surface area contributed by atoms with Crippen LogP contribution in [0.2, 0.25) is 5.02 Å². The molecule has 1 N–H and O–H groups in total. The lowest BCUT2D eigenvalue weighted by Crippen LogP contribution is -2.53. The summed E-state index contributed by atoms with van der Waals surface area (Å²) in [6.45, 7) is 9.48. The number of piperidine rings is 1. The monoisotopic (exact) mass is 604 g/mol. The first-order valence-electron chi connectivity index (χ1n) is 15.3. The van der Waals surface area contributed by atoms with E-state index in [9.17, 15) is 9.90 Å². The summed E-state index contributed by atoms with van der Waals surface area (Å²) in [5.74, 6) is 1.41. The number of nitrogens with zero attached hydrogens (tertiary/aromatic N) is 2. The van der Waals surface area contributed by atoms with Crippen molar-refractivity contribution in [3.8, 4) is 11.5 Å². The number of likely N-dealkylation sites (tertiary alicyclic amines) is 1. The molecule has 0 radical (unpaired) electrons. The second-order valence-electron chi connectivity index (χ2n) is 12.5. The highest BCUT2D eigenvalue weighted by atomic mass is 35.5. The summed E-state index contributed by atoms with van der Waals surface area (Å²) < 4.78 is 17.1. The number of hydrogen-bond acceptors (Lipinski definition) is 6. The van der Waals surface area contributed by atoms with Gasteiger partial charge < -0.3 is 24.2 Å². The molecule has 3 aromatic carbocycles. The highest BCUT2D eigenvalue weighted by molar-refractivity contribution is 6.30. The van der Waals surface area contributed by atoms with Crippen molar-refractivity contribution in [2.24, 2.45) is 5.92 Å². The average Bonchev–Trinajstić information content (AvgIpc) is 2.96. The number of carbonyl (C=O) groups is 1. The normalized spacial score (nSPS) is 21.3. The number of benzene rings is 3. The predicted octanol–water partition coefficient (Wildman–Crippen LogP) is 6.13. The Balaban J connectivity index is 1.32. The van der Waals surface area contributed by atoms with E-state index >= 15 is 0 Å². The zero-order chi connectivity index (χ0) is 30.3. The van der Waals surface area contributed by atoms with E-state index in [1.807, 2.05) is 86.3 Å². The Kier molecular flexibility index (Phi) is 8.44. The fourth-order valence-electron chi connectivity index (χ4n) is 6.78. The van der Waals surface area contributed by atoms with Gasteiger partial charge in [-0.3, -0.25) is 9.69 Å². The maximum absolute atomic E-state index is 13.9. The van der Waals surface area contributed by atoms with E-state index in [0.29, 0.717) is 22.6 Å². The molecule has 228 valence electrons. The maximum Gasteiger partial charge on any atom is 0.232 e. The fraction of sp³-hybridized carbons (Fsp3) is 0.457. The number of methoxy groups -OCH3 is 1. The molecule has 2 fully saturated rings. The Bertz CT molecular complexity index is 1440. The number of halogens is 1. The molecule has 43 heavy (non-hydrogen) atoms. The number of hydrogen-bond donors (Lipinski definition) is 1. The van der Waals surface area contributed by atoms with Crippen molar-refractivity contribution in [3.63, 3.8) is 0 Å². The van der Waals surface area contributed by atoms with E-state index in [4.69, 9.17) is 25.8 Å². The molecule has 3 aliphatic heterocycles. The van der Waals surface area contributed by atoms with Gasteiger partial charge >= 0.3 is 0 Å². The van der Waals surface area contributed by atoms with Crippen LogP contribution in [0.25, 0.3) is 0 Å². The first-order valence-corrected chi connectivity index (χ1v) is 15.6. The molecule has 2 saturated heterocycles. The van der Waals surface area contributed by atoms with E-state index in [0.717, 1.165) is 67.1 Å². The molecule has 0 aromatic heterocycles. The number of fused-ring (bicyclic) bond motifs is 1. The largest absolute Gasteiger partial charge is 0.493 e. The second kappa shape index (κ2) is 12.1. The van der Waals surface area contributed by atoms with Gasteiger partial charge in [-0.25, -0.2) is 0 Å². The SMILES string of the molecule is COc1cc2c(cc1OC(C)C)[C@H](c1ccc(Cl)cc1)N(c1ccc([C@@](C)(O)C3CCN(C4COC4)CC3)cc1)C(=O)C2. The zero-order valence-electron chi connectivity index (χ0n) is 25.4. The third-order valence-corrected chi connectivity index (χ3v) is 9.58. The number of carbonyl (C=O) groups excluding carboxylic acids is 1. The van der Waals surface area contributed by atoms with Crippen molar-refractivity contribution in [2.75, 3.05) is 38.3 Å². The van der Waals surface area contributed by atoms with Gasteiger partial charge in [0.2, 0.25) is 5.91 Å². The van der Waals surface area contributed by atoms with Crippen LogP contribution in [0.1, 0.15) is 61.9 Å². The molecule has 2 atom stereocenters. The van der Waals surface area contributed by atoms with Gasteiger partial charge in [0.1, 0.15) is 0 Å². The molecule has 7 nitrogen and oxygen atoms in total. The average molecular weight is 605 g/mol. The molecule has 8 heteroatoms. The summed E-state index contributed by atoms with van der Waals surface area (Å²) >= 11 is 6.26. The van der Waals surface area contributed by atoms with Crippen LogP contribution in [0, 0.1) is 5.92 Å². The van der Waals surface area contributed by atoms with Crippen LogP contribution in [-0.4, -0.2) is 61.5 Å². The lowest BCUT2D eigenvalue weighted by molar-refractivity contribution is -0.118. The molecule has 0 bridgehead atoms. The van der Waals surface area contributed by atoms with Crippen molar-refractivity contribution < 1.29 is 24.1 Å². The Morgan fingerprint density at radius 3 is 2.26 bits per heavy atom. The topological polar surface area (TPSA) is 71.5 Å². The van der Waals surface area contributed by atoms with E-state index in [2.05, 4.69) is 4.90 Å². The van der Waals surface area contributed by atoms with Crippen LogP contribution in [0.5, 0.6) is 11.5 Å². The lowest BCUT2D eigenvalue weighted by Gasteiger charge is -2.44. The molecular formula is C35H41ClN2O5. The standard InChI is InChI=1S/C35H41ClN2O5/c1-22(2)43-32-19-30-24(17-31(32)41-4)18-33(39)38(34(30)23-5-9-27(36)10-6-23)28-11-7-25(8-12-28)35(3,40)26-13-15-37(16-14-26)29-20-42-21-29/h5-12,17,19,22,26,29,34,40H,13-16,18,20-21H2,1-4H3/t34-,35+/m0/s1. The molecule has 6 rings (SSSR count). The first kappa shape index (κ1) is 29.9. The minimum atomic E-state index is -0.964. The van der Waals surface area contributed by atoms with Gasteiger partial charge in [-0.2, -0.15) is 0 Å². The highest BCUT2D eigenvalue weighted by Gasteiger charge is 2.40. The van der Waals surface area contributed by atoms with Crippen LogP contribution >= 0.6 is 11.6 Å². The number of amides is 1. The predicted molar refractivity (Wildman–Crippen MR) is 168 cm³/mol. The smallest absolute Gasteiger partial charge is 0.232 e. The van der Waals surface area contributed by atoms with Gasteiger partial charge in [0.15, 0.2) is 11.5 Å². The minimum Gasteiger partial charge on any atom is -0.493 e. The van der Waals surface area contributed by atoms with Gasteiger partial charge in [-0.1, -0.05) is 35.9 Å². The Morgan fingerprint density at radius 1 is 1.00 bits per heavy atom. The van der Waals surface area contributed by atoms with Gasteiger partial charge in [0, 0.05) is 10.7 Å². The quantitative estimate of drug-likeness (QED) is 0.333. The van der Waals surface area contributed by atoms with E-state index in [1.54, 1.807) is 7.11 Å².